The lowest BCUT2D eigenvalue weighted by atomic mass is 9.99. The Kier molecular flexibility index (Phi) is 4.17. The fraction of sp³-hybridized carbons (Fsp3) is 0.750. The molecule has 0 aromatic carbocycles. The fourth-order valence-corrected chi connectivity index (χ4v) is 2.43. The van der Waals surface area contributed by atoms with E-state index in [1.165, 1.54) is 12.8 Å². The summed E-state index contributed by atoms with van der Waals surface area (Å²) in [6.45, 7) is 1.82. The lowest BCUT2D eigenvalue weighted by Gasteiger charge is -2.17. The highest BCUT2D eigenvalue weighted by atomic mass is 16.2. The van der Waals surface area contributed by atoms with E-state index >= 15 is 0 Å². The number of carbonyl (C=O) groups is 1. The molecule has 1 aliphatic carbocycles. The number of rotatable bonds is 3. The monoisotopic (exact) mass is 252 g/mol. The van der Waals surface area contributed by atoms with Gasteiger partial charge in [-0.05, 0) is 19.8 Å². The number of aromatic nitrogens is 3. The molecule has 1 aromatic rings. The topological polar surface area (TPSA) is 90.6 Å². The highest BCUT2D eigenvalue weighted by Crippen LogP contribution is 2.23. The van der Waals surface area contributed by atoms with E-state index in [1.807, 2.05) is 6.92 Å². The molecule has 6 nitrogen and oxygen atoms in total. The highest BCUT2D eigenvalue weighted by molar-refractivity contribution is 5.78. The molecule has 0 radical (unpaired) electrons. The summed E-state index contributed by atoms with van der Waals surface area (Å²) in [6, 6.07) is -0.264. The predicted octanol–water partition coefficient (Wildman–Crippen LogP) is 1.25. The van der Waals surface area contributed by atoms with Gasteiger partial charge in [0.05, 0.1) is 6.04 Å². The van der Waals surface area contributed by atoms with Crippen LogP contribution in [0.3, 0.4) is 0 Å². The molecule has 1 heterocycles. The Morgan fingerprint density at radius 1 is 1.33 bits per heavy atom. The molecule has 0 aliphatic heterocycles. The van der Waals surface area contributed by atoms with Crippen molar-refractivity contribution in [3.05, 3.63) is 16.3 Å². The van der Waals surface area contributed by atoms with Gasteiger partial charge in [-0.25, -0.2) is 9.89 Å². The molecular formula is C12H20N4O2. The Morgan fingerprint density at radius 3 is 2.56 bits per heavy atom. The largest absolute Gasteiger partial charge is 0.346 e. The van der Waals surface area contributed by atoms with Gasteiger partial charge in [0.15, 0.2) is 5.82 Å². The molecule has 18 heavy (non-hydrogen) atoms. The van der Waals surface area contributed by atoms with Crippen molar-refractivity contribution in [3.63, 3.8) is 0 Å². The highest BCUT2D eigenvalue weighted by Gasteiger charge is 2.22. The van der Waals surface area contributed by atoms with Crippen molar-refractivity contribution < 1.29 is 4.79 Å². The first-order valence-electron chi connectivity index (χ1n) is 6.62. The van der Waals surface area contributed by atoms with Gasteiger partial charge in [0.2, 0.25) is 5.91 Å². The molecule has 100 valence electrons. The van der Waals surface area contributed by atoms with Crippen LogP contribution in [0, 0.1) is 5.92 Å². The van der Waals surface area contributed by atoms with Crippen LogP contribution in [0.25, 0.3) is 0 Å². The number of aromatic amines is 2. The van der Waals surface area contributed by atoms with E-state index < -0.39 is 0 Å². The van der Waals surface area contributed by atoms with Crippen molar-refractivity contribution in [3.8, 4) is 0 Å². The zero-order valence-electron chi connectivity index (χ0n) is 10.7. The zero-order valence-corrected chi connectivity index (χ0v) is 10.7. The molecule has 0 spiro atoms. The van der Waals surface area contributed by atoms with Crippen molar-refractivity contribution >= 4 is 5.91 Å². The van der Waals surface area contributed by atoms with Crippen molar-refractivity contribution in [1.82, 2.24) is 20.5 Å². The van der Waals surface area contributed by atoms with Gasteiger partial charge < -0.3 is 5.32 Å². The molecule has 0 unspecified atom stereocenters. The Bertz CT molecular complexity index is 443. The van der Waals surface area contributed by atoms with Crippen molar-refractivity contribution in [2.75, 3.05) is 0 Å². The number of amides is 1. The second-order valence-corrected chi connectivity index (χ2v) is 4.98. The smallest absolute Gasteiger partial charge is 0.340 e. The third-order valence-corrected chi connectivity index (χ3v) is 3.51. The summed E-state index contributed by atoms with van der Waals surface area (Å²) in [4.78, 5) is 25.6. The van der Waals surface area contributed by atoms with Crippen LogP contribution in [0.5, 0.6) is 0 Å². The summed E-state index contributed by atoms with van der Waals surface area (Å²) >= 11 is 0. The van der Waals surface area contributed by atoms with Crippen molar-refractivity contribution in [2.45, 2.75) is 51.5 Å². The average Bonchev–Trinajstić information content (AvgIpc) is 2.63. The molecule has 3 N–H and O–H groups in total. The zero-order chi connectivity index (χ0) is 13.0. The van der Waals surface area contributed by atoms with Gasteiger partial charge in [-0.3, -0.25) is 9.78 Å². The van der Waals surface area contributed by atoms with Gasteiger partial charge in [-0.2, -0.15) is 5.10 Å². The van der Waals surface area contributed by atoms with Gasteiger partial charge in [-0.15, -0.1) is 0 Å². The van der Waals surface area contributed by atoms with E-state index in [9.17, 15) is 9.59 Å². The first-order valence-corrected chi connectivity index (χ1v) is 6.62. The van der Waals surface area contributed by atoms with Crippen LogP contribution in [0.15, 0.2) is 4.79 Å². The van der Waals surface area contributed by atoms with Gasteiger partial charge in [0.25, 0.3) is 0 Å². The lowest BCUT2D eigenvalue weighted by Crippen LogP contribution is -2.33. The summed E-state index contributed by atoms with van der Waals surface area (Å²) in [7, 11) is 0. The van der Waals surface area contributed by atoms with E-state index in [0.717, 1.165) is 25.7 Å². The van der Waals surface area contributed by atoms with Crippen LogP contribution in [0.2, 0.25) is 0 Å². The van der Waals surface area contributed by atoms with Crippen LogP contribution in [0.4, 0.5) is 0 Å². The second kappa shape index (κ2) is 5.84. The summed E-state index contributed by atoms with van der Waals surface area (Å²) in [5.41, 5.74) is -0.347. The number of nitrogens with one attached hydrogen (secondary N) is 3. The second-order valence-electron chi connectivity index (χ2n) is 4.98. The quantitative estimate of drug-likeness (QED) is 0.707. The SMILES string of the molecule is C[C@H](NC(=O)C1CCCCCC1)c1n[nH]c(=O)[nH]1. The van der Waals surface area contributed by atoms with Crippen LogP contribution >= 0.6 is 0 Å². The number of hydrogen-bond acceptors (Lipinski definition) is 3. The van der Waals surface area contributed by atoms with Gasteiger partial charge in [0.1, 0.15) is 0 Å². The third kappa shape index (κ3) is 3.21. The number of nitrogens with zero attached hydrogens (tertiary/aromatic N) is 1. The fourth-order valence-electron chi connectivity index (χ4n) is 2.43. The first-order chi connectivity index (χ1) is 8.66. The van der Waals surface area contributed by atoms with Gasteiger partial charge >= 0.3 is 5.69 Å². The third-order valence-electron chi connectivity index (χ3n) is 3.51. The Labute approximate surface area is 106 Å². The minimum Gasteiger partial charge on any atom is -0.346 e. The molecule has 0 bridgehead atoms. The molecule has 1 amide bonds. The summed E-state index contributed by atoms with van der Waals surface area (Å²) in [5.74, 6) is 0.663. The number of carbonyl (C=O) groups excluding carboxylic acids is 1. The van der Waals surface area contributed by atoms with Crippen LogP contribution in [-0.4, -0.2) is 21.1 Å². The van der Waals surface area contributed by atoms with E-state index in [1.54, 1.807) is 0 Å². The molecule has 1 saturated carbocycles. The van der Waals surface area contributed by atoms with Crippen LogP contribution < -0.4 is 11.0 Å². The lowest BCUT2D eigenvalue weighted by molar-refractivity contribution is -0.126. The summed E-state index contributed by atoms with van der Waals surface area (Å²) < 4.78 is 0. The van der Waals surface area contributed by atoms with Crippen molar-refractivity contribution in [2.24, 2.45) is 5.92 Å². The number of H-pyrrole nitrogens is 2. The molecule has 6 heteroatoms. The Hall–Kier alpha value is -1.59. The van der Waals surface area contributed by atoms with Crippen LogP contribution in [-0.2, 0) is 4.79 Å². The first kappa shape index (κ1) is 12.9. The molecule has 2 rings (SSSR count). The molecule has 1 atom stereocenters. The van der Waals surface area contributed by atoms with E-state index in [0.29, 0.717) is 5.82 Å². The minimum atomic E-state index is -0.347. The molecule has 1 aromatic heterocycles. The summed E-state index contributed by atoms with van der Waals surface area (Å²) in [6.07, 6.45) is 6.65. The number of hydrogen-bond donors (Lipinski definition) is 3. The summed E-state index contributed by atoms with van der Waals surface area (Å²) in [5, 5.41) is 9.04. The Morgan fingerprint density at radius 2 is 2.00 bits per heavy atom. The maximum Gasteiger partial charge on any atom is 0.340 e. The molecule has 1 fully saturated rings. The molecule has 0 saturated heterocycles. The molecular weight excluding hydrogens is 232 g/mol. The van der Waals surface area contributed by atoms with E-state index in [-0.39, 0.29) is 23.6 Å². The predicted molar refractivity (Wildman–Crippen MR) is 67.0 cm³/mol. The van der Waals surface area contributed by atoms with E-state index in [2.05, 4.69) is 20.5 Å². The van der Waals surface area contributed by atoms with Crippen molar-refractivity contribution in [1.29, 1.82) is 0 Å². The van der Waals surface area contributed by atoms with E-state index in [4.69, 9.17) is 0 Å². The molecule has 1 aliphatic rings. The van der Waals surface area contributed by atoms with Crippen LogP contribution in [0.1, 0.15) is 57.3 Å². The minimum absolute atomic E-state index is 0.0771. The standard InChI is InChI=1S/C12H20N4O2/c1-8(10-14-12(18)16-15-10)13-11(17)9-6-4-2-3-5-7-9/h8-9H,2-7H2,1H3,(H,13,17)(H2,14,15,16,18)/t8-/m0/s1. The normalized spacial score (nSPS) is 19.2. The Balaban J connectivity index is 1.91. The van der Waals surface area contributed by atoms with Gasteiger partial charge in [0, 0.05) is 5.92 Å². The maximum absolute atomic E-state index is 12.1. The average molecular weight is 252 g/mol. The van der Waals surface area contributed by atoms with Gasteiger partial charge in [-0.1, -0.05) is 25.7 Å². The maximum atomic E-state index is 12.1.